The van der Waals surface area contributed by atoms with Crippen molar-refractivity contribution in [2.75, 3.05) is 6.61 Å². The Bertz CT molecular complexity index is 564. The van der Waals surface area contributed by atoms with Crippen molar-refractivity contribution >= 4 is 5.97 Å². The summed E-state index contributed by atoms with van der Waals surface area (Å²) in [6.45, 7) is 4.31. The Morgan fingerprint density at radius 1 is 1.16 bits per heavy atom. The van der Waals surface area contributed by atoms with Crippen molar-refractivity contribution in [3.8, 4) is 5.75 Å². The fourth-order valence-electron chi connectivity index (χ4n) is 1.60. The third-order valence-corrected chi connectivity index (χ3v) is 2.53. The van der Waals surface area contributed by atoms with Crippen LogP contribution in [0, 0.1) is 6.92 Å². The number of benzene rings is 1. The largest absolute Gasteiger partial charge is 0.418 e. The van der Waals surface area contributed by atoms with Gasteiger partial charge in [-0.3, -0.25) is 4.84 Å². The number of ether oxygens (including phenoxy) is 1. The van der Waals surface area contributed by atoms with E-state index >= 15 is 0 Å². The summed E-state index contributed by atoms with van der Waals surface area (Å²) >= 11 is 0. The third kappa shape index (κ3) is 3.31. The van der Waals surface area contributed by atoms with Crippen LogP contribution >= 0.6 is 0 Å². The molecule has 0 saturated heterocycles. The van der Waals surface area contributed by atoms with Gasteiger partial charge in [0, 0.05) is 16.9 Å². The van der Waals surface area contributed by atoms with Crippen molar-refractivity contribution in [2.24, 2.45) is 0 Å². The average Bonchev–Trinajstić information content (AvgIpc) is 2.42. The van der Waals surface area contributed by atoms with Crippen molar-refractivity contribution < 1.29 is 19.1 Å². The maximum atomic E-state index is 12.1. The van der Waals surface area contributed by atoms with E-state index in [-0.39, 0.29) is 0 Å². The molecule has 0 saturated carbocycles. The van der Waals surface area contributed by atoms with Crippen LogP contribution in [0.5, 0.6) is 5.75 Å². The van der Waals surface area contributed by atoms with Gasteiger partial charge in [0.1, 0.15) is 5.75 Å². The molecular formula is C15H16NO3+. The molecule has 0 bridgehead atoms. The summed E-state index contributed by atoms with van der Waals surface area (Å²) < 4.78 is 6.72. The van der Waals surface area contributed by atoms with E-state index < -0.39 is 5.97 Å². The number of aromatic nitrogens is 1. The first kappa shape index (κ1) is 13.1. The molecule has 0 fully saturated rings. The molecule has 1 heterocycles. The number of hydrogen-bond acceptors (Lipinski definition) is 3. The topological polar surface area (TPSA) is 39.4 Å². The van der Waals surface area contributed by atoms with Gasteiger partial charge in [0.2, 0.25) is 6.20 Å². The first-order valence-corrected chi connectivity index (χ1v) is 6.13. The predicted molar refractivity (Wildman–Crippen MR) is 69.9 cm³/mol. The van der Waals surface area contributed by atoms with Crippen molar-refractivity contribution in [3.05, 3.63) is 59.9 Å². The molecule has 0 unspecified atom stereocenters. The predicted octanol–water partition coefficient (Wildman–Crippen LogP) is 1.95. The van der Waals surface area contributed by atoms with E-state index in [1.165, 1.54) is 4.73 Å². The highest BCUT2D eigenvalue weighted by Gasteiger charge is 2.22. The highest BCUT2D eigenvalue weighted by molar-refractivity contribution is 5.87. The van der Waals surface area contributed by atoms with Gasteiger partial charge in [-0.2, -0.15) is 0 Å². The van der Waals surface area contributed by atoms with Crippen LogP contribution in [0.15, 0.2) is 48.7 Å². The number of rotatable bonds is 4. The van der Waals surface area contributed by atoms with Gasteiger partial charge in [-0.05, 0) is 32.0 Å². The number of esters is 1. The number of hydrogen-bond donors (Lipinski definition) is 0. The van der Waals surface area contributed by atoms with Crippen molar-refractivity contribution in [1.82, 2.24) is 0 Å². The van der Waals surface area contributed by atoms with Gasteiger partial charge in [-0.1, -0.05) is 17.7 Å². The monoisotopic (exact) mass is 258 g/mol. The molecule has 1 aromatic carbocycles. The van der Waals surface area contributed by atoms with E-state index in [9.17, 15) is 4.79 Å². The first-order chi connectivity index (χ1) is 9.20. The average molecular weight is 258 g/mol. The van der Waals surface area contributed by atoms with Crippen molar-refractivity contribution in [1.29, 1.82) is 0 Å². The van der Waals surface area contributed by atoms with Crippen LogP contribution in [0.2, 0.25) is 0 Å². The summed E-state index contributed by atoms with van der Waals surface area (Å²) in [4.78, 5) is 17.4. The van der Waals surface area contributed by atoms with Crippen LogP contribution in [0.3, 0.4) is 0 Å². The van der Waals surface area contributed by atoms with Gasteiger partial charge in [0.25, 0.3) is 0 Å². The standard InChI is InChI=1S/C15H16NO3/c1-3-18-16-11-5-4-6-14(16)15(17)19-13-9-7-12(2)8-10-13/h4-11H,3H2,1-2H3/q+1. The Labute approximate surface area is 112 Å². The van der Waals surface area contributed by atoms with Crippen LogP contribution in [-0.2, 0) is 0 Å². The number of pyridine rings is 1. The third-order valence-electron chi connectivity index (χ3n) is 2.53. The van der Waals surface area contributed by atoms with E-state index in [1.807, 2.05) is 26.0 Å². The minimum atomic E-state index is -0.446. The zero-order valence-corrected chi connectivity index (χ0v) is 11.0. The van der Waals surface area contributed by atoms with E-state index in [0.717, 1.165) is 5.56 Å². The lowest BCUT2D eigenvalue weighted by Gasteiger charge is -2.03. The summed E-state index contributed by atoms with van der Waals surface area (Å²) in [7, 11) is 0. The van der Waals surface area contributed by atoms with E-state index in [4.69, 9.17) is 9.57 Å². The second-order valence-corrected chi connectivity index (χ2v) is 4.03. The molecule has 0 spiro atoms. The Balaban J connectivity index is 2.18. The highest BCUT2D eigenvalue weighted by atomic mass is 16.7. The van der Waals surface area contributed by atoms with Crippen LogP contribution in [0.4, 0.5) is 0 Å². The summed E-state index contributed by atoms with van der Waals surface area (Å²) in [5, 5.41) is 0. The first-order valence-electron chi connectivity index (χ1n) is 6.13. The molecule has 4 nitrogen and oxygen atoms in total. The molecule has 4 heteroatoms. The smallest absolute Gasteiger partial charge is 0.414 e. The number of carbonyl (C=O) groups is 1. The molecule has 0 atom stereocenters. The molecule has 0 radical (unpaired) electrons. The Kier molecular flexibility index (Phi) is 4.13. The lowest BCUT2D eigenvalue weighted by Crippen LogP contribution is -2.48. The molecule has 0 amide bonds. The zero-order chi connectivity index (χ0) is 13.7. The van der Waals surface area contributed by atoms with E-state index in [0.29, 0.717) is 18.1 Å². The molecule has 2 rings (SSSR count). The summed E-state index contributed by atoms with van der Waals surface area (Å²) in [6.07, 6.45) is 1.68. The van der Waals surface area contributed by atoms with Gasteiger partial charge in [0.05, 0.1) is 0 Å². The Morgan fingerprint density at radius 3 is 2.58 bits per heavy atom. The van der Waals surface area contributed by atoms with Gasteiger partial charge in [-0.25, -0.2) is 4.79 Å². The molecular weight excluding hydrogens is 242 g/mol. The fraction of sp³-hybridized carbons (Fsp3) is 0.200. The quantitative estimate of drug-likeness (QED) is 0.478. The molecule has 98 valence electrons. The molecule has 0 aliphatic carbocycles. The molecule has 0 aliphatic heterocycles. The lowest BCUT2D eigenvalue weighted by molar-refractivity contribution is -0.892. The molecule has 19 heavy (non-hydrogen) atoms. The number of nitrogens with zero attached hydrogens (tertiary/aromatic N) is 1. The summed E-state index contributed by atoms with van der Waals surface area (Å²) in [6, 6.07) is 12.5. The highest BCUT2D eigenvalue weighted by Crippen LogP contribution is 2.12. The van der Waals surface area contributed by atoms with E-state index in [2.05, 4.69) is 0 Å². The van der Waals surface area contributed by atoms with E-state index in [1.54, 1.807) is 36.5 Å². The Hall–Kier alpha value is -2.36. The SMILES string of the molecule is CCO[n+]1ccccc1C(=O)Oc1ccc(C)cc1. The Morgan fingerprint density at radius 2 is 1.89 bits per heavy atom. The molecule has 0 N–H and O–H groups in total. The van der Waals surface area contributed by atoms with Gasteiger partial charge >= 0.3 is 11.7 Å². The van der Waals surface area contributed by atoms with Gasteiger partial charge in [-0.15, -0.1) is 0 Å². The molecule has 2 aromatic rings. The van der Waals surface area contributed by atoms with Crippen LogP contribution in [0.1, 0.15) is 23.0 Å². The summed E-state index contributed by atoms with van der Waals surface area (Å²) in [5.41, 5.74) is 1.47. The summed E-state index contributed by atoms with van der Waals surface area (Å²) in [5.74, 6) is 0.0698. The normalized spacial score (nSPS) is 10.0. The zero-order valence-electron chi connectivity index (χ0n) is 11.0. The lowest BCUT2D eigenvalue weighted by atomic mass is 10.2. The van der Waals surface area contributed by atoms with Crippen LogP contribution in [-0.4, -0.2) is 12.6 Å². The molecule has 0 aliphatic rings. The van der Waals surface area contributed by atoms with Gasteiger partial charge < -0.3 is 4.74 Å². The minimum absolute atomic E-state index is 0.352. The van der Waals surface area contributed by atoms with Crippen LogP contribution in [0.25, 0.3) is 0 Å². The van der Waals surface area contributed by atoms with Crippen LogP contribution < -0.4 is 14.3 Å². The van der Waals surface area contributed by atoms with Crippen molar-refractivity contribution in [3.63, 3.8) is 0 Å². The minimum Gasteiger partial charge on any atom is -0.418 e. The fourth-order valence-corrected chi connectivity index (χ4v) is 1.60. The maximum Gasteiger partial charge on any atom is 0.414 e. The molecule has 1 aromatic heterocycles. The maximum absolute atomic E-state index is 12.1. The second-order valence-electron chi connectivity index (χ2n) is 4.03. The van der Waals surface area contributed by atoms with Crippen molar-refractivity contribution in [2.45, 2.75) is 13.8 Å². The number of carbonyl (C=O) groups excluding carboxylic acids is 1. The number of aryl methyl sites for hydroxylation is 1. The second kappa shape index (κ2) is 6.00. The van der Waals surface area contributed by atoms with Gasteiger partial charge in [0.15, 0.2) is 6.61 Å².